The molecular weight excluding hydrogens is 174 g/mol. The predicted octanol–water partition coefficient (Wildman–Crippen LogP) is 1.50. The third-order valence-electron chi connectivity index (χ3n) is 2.30. The van der Waals surface area contributed by atoms with Crippen molar-refractivity contribution in [2.24, 2.45) is 11.1 Å². The fourth-order valence-corrected chi connectivity index (χ4v) is 1.38. The van der Waals surface area contributed by atoms with Crippen molar-refractivity contribution in [2.45, 2.75) is 13.8 Å². The molecule has 14 heavy (non-hydrogen) atoms. The number of pyridine rings is 1. The Morgan fingerprint density at radius 1 is 1.50 bits per heavy atom. The Balaban J connectivity index is 2.64. The molecule has 1 aromatic rings. The number of aromatic nitrogens is 1. The van der Waals surface area contributed by atoms with Crippen molar-refractivity contribution in [1.29, 1.82) is 0 Å². The topological polar surface area (TPSA) is 42.1 Å². The molecule has 1 heterocycles. The smallest absolute Gasteiger partial charge is 0.0550 e. The molecule has 0 aliphatic heterocycles. The Kier molecular flexibility index (Phi) is 3.47. The lowest BCUT2D eigenvalue weighted by atomic mass is 9.93. The molecule has 3 nitrogen and oxygen atoms in total. The van der Waals surface area contributed by atoms with E-state index in [2.05, 4.69) is 36.8 Å². The fourth-order valence-electron chi connectivity index (χ4n) is 1.38. The van der Waals surface area contributed by atoms with Crippen LogP contribution in [0.15, 0.2) is 24.5 Å². The second-order valence-corrected chi connectivity index (χ2v) is 4.44. The zero-order valence-corrected chi connectivity index (χ0v) is 9.20. The summed E-state index contributed by atoms with van der Waals surface area (Å²) in [6.45, 7) is 5.96. The SMILES string of the molecule is CN(CC(C)(C)CN)c1cccnc1. The summed E-state index contributed by atoms with van der Waals surface area (Å²) in [7, 11) is 2.06. The van der Waals surface area contributed by atoms with E-state index in [4.69, 9.17) is 5.73 Å². The molecule has 0 aliphatic carbocycles. The number of rotatable bonds is 4. The van der Waals surface area contributed by atoms with Gasteiger partial charge in [0.25, 0.3) is 0 Å². The Hall–Kier alpha value is -1.09. The zero-order chi connectivity index (χ0) is 10.6. The van der Waals surface area contributed by atoms with Crippen molar-refractivity contribution < 1.29 is 0 Å². The molecule has 0 saturated carbocycles. The van der Waals surface area contributed by atoms with Gasteiger partial charge in [0, 0.05) is 19.8 Å². The molecule has 0 aliphatic rings. The summed E-state index contributed by atoms with van der Waals surface area (Å²) < 4.78 is 0. The monoisotopic (exact) mass is 193 g/mol. The van der Waals surface area contributed by atoms with Gasteiger partial charge in [-0.15, -0.1) is 0 Å². The van der Waals surface area contributed by atoms with Gasteiger partial charge in [0.05, 0.1) is 11.9 Å². The van der Waals surface area contributed by atoms with E-state index in [9.17, 15) is 0 Å². The molecule has 1 rings (SSSR count). The van der Waals surface area contributed by atoms with Crippen molar-refractivity contribution in [3.63, 3.8) is 0 Å². The van der Waals surface area contributed by atoms with Crippen molar-refractivity contribution in [3.05, 3.63) is 24.5 Å². The van der Waals surface area contributed by atoms with Crippen molar-refractivity contribution >= 4 is 5.69 Å². The first kappa shape index (κ1) is 11.0. The normalized spacial score (nSPS) is 11.4. The average Bonchev–Trinajstić information content (AvgIpc) is 2.19. The quantitative estimate of drug-likeness (QED) is 0.788. The molecule has 0 unspecified atom stereocenters. The molecule has 3 heteroatoms. The van der Waals surface area contributed by atoms with E-state index in [1.165, 1.54) is 0 Å². The summed E-state index contributed by atoms with van der Waals surface area (Å²) in [5.41, 5.74) is 6.97. The van der Waals surface area contributed by atoms with Crippen LogP contribution in [-0.2, 0) is 0 Å². The Morgan fingerprint density at radius 3 is 2.71 bits per heavy atom. The van der Waals surface area contributed by atoms with Crippen LogP contribution >= 0.6 is 0 Å². The van der Waals surface area contributed by atoms with Crippen molar-refractivity contribution in [2.75, 3.05) is 25.0 Å². The van der Waals surface area contributed by atoms with Crippen LogP contribution in [0.25, 0.3) is 0 Å². The fraction of sp³-hybridized carbons (Fsp3) is 0.545. The molecule has 0 atom stereocenters. The average molecular weight is 193 g/mol. The minimum Gasteiger partial charge on any atom is -0.373 e. The lowest BCUT2D eigenvalue weighted by Gasteiger charge is -2.30. The minimum absolute atomic E-state index is 0.143. The van der Waals surface area contributed by atoms with E-state index < -0.39 is 0 Å². The zero-order valence-electron chi connectivity index (χ0n) is 9.20. The molecule has 0 amide bonds. The summed E-state index contributed by atoms with van der Waals surface area (Å²) in [5.74, 6) is 0. The molecule has 0 spiro atoms. The van der Waals surface area contributed by atoms with Gasteiger partial charge in [-0.05, 0) is 24.1 Å². The Labute approximate surface area is 85.9 Å². The van der Waals surface area contributed by atoms with Crippen LogP contribution in [0, 0.1) is 5.41 Å². The van der Waals surface area contributed by atoms with Crippen LogP contribution in [0.5, 0.6) is 0 Å². The number of nitrogens with zero attached hydrogens (tertiary/aromatic N) is 2. The van der Waals surface area contributed by atoms with E-state index >= 15 is 0 Å². The van der Waals surface area contributed by atoms with Crippen LogP contribution in [0.4, 0.5) is 5.69 Å². The van der Waals surface area contributed by atoms with Crippen LogP contribution in [0.1, 0.15) is 13.8 Å². The maximum absolute atomic E-state index is 5.69. The van der Waals surface area contributed by atoms with Crippen molar-refractivity contribution in [1.82, 2.24) is 4.98 Å². The van der Waals surface area contributed by atoms with Gasteiger partial charge in [-0.25, -0.2) is 0 Å². The van der Waals surface area contributed by atoms with Crippen LogP contribution in [-0.4, -0.2) is 25.1 Å². The highest BCUT2D eigenvalue weighted by molar-refractivity contribution is 5.42. The summed E-state index contributed by atoms with van der Waals surface area (Å²) in [6, 6.07) is 4.00. The maximum atomic E-state index is 5.69. The molecule has 1 aromatic heterocycles. The summed E-state index contributed by atoms with van der Waals surface area (Å²) in [5, 5.41) is 0. The molecule has 2 N–H and O–H groups in total. The summed E-state index contributed by atoms with van der Waals surface area (Å²) in [4.78, 5) is 6.27. The number of hydrogen-bond donors (Lipinski definition) is 1. The summed E-state index contributed by atoms with van der Waals surface area (Å²) >= 11 is 0. The van der Waals surface area contributed by atoms with E-state index in [1.54, 1.807) is 6.20 Å². The van der Waals surface area contributed by atoms with Gasteiger partial charge in [0.15, 0.2) is 0 Å². The summed E-state index contributed by atoms with van der Waals surface area (Å²) in [6.07, 6.45) is 3.65. The maximum Gasteiger partial charge on any atom is 0.0550 e. The van der Waals surface area contributed by atoms with Gasteiger partial charge < -0.3 is 10.6 Å². The Bertz CT molecular complexity index is 269. The highest BCUT2D eigenvalue weighted by Gasteiger charge is 2.18. The highest BCUT2D eigenvalue weighted by Crippen LogP contribution is 2.18. The van der Waals surface area contributed by atoms with E-state index in [0.29, 0.717) is 6.54 Å². The number of nitrogens with two attached hydrogens (primary N) is 1. The van der Waals surface area contributed by atoms with E-state index in [1.807, 2.05) is 12.3 Å². The van der Waals surface area contributed by atoms with Gasteiger partial charge in [-0.2, -0.15) is 0 Å². The third kappa shape index (κ3) is 3.00. The molecule has 0 radical (unpaired) electrons. The molecule has 0 aromatic carbocycles. The van der Waals surface area contributed by atoms with E-state index in [0.717, 1.165) is 12.2 Å². The van der Waals surface area contributed by atoms with Crippen molar-refractivity contribution in [3.8, 4) is 0 Å². The van der Waals surface area contributed by atoms with Gasteiger partial charge in [0.2, 0.25) is 0 Å². The molecular formula is C11H19N3. The Morgan fingerprint density at radius 2 is 2.21 bits per heavy atom. The van der Waals surface area contributed by atoms with Gasteiger partial charge in [-0.3, -0.25) is 4.98 Å². The predicted molar refractivity (Wildman–Crippen MR) is 60.3 cm³/mol. The lowest BCUT2D eigenvalue weighted by molar-refractivity contribution is 0.385. The first-order valence-corrected chi connectivity index (χ1v) is 4.86. The van der Waals surface area contributed by atoms with Crippen LogP contribution < -0.4 is 10.6 Å². The number of hydrogen-bond acceptors (Lipinski definition) is 3. The third-order valence-corrected chi connectivity index (χ3v) is 2.30. The lowest BCUT2D eigenvalue weighted by Crippen LogP contribution is -2.36. The highest BCUT2D eigenvalue weighted by atomic mass is 15.1. The van der Waals surface area contributed by atoms with Crippen LogP contribution in [0.2, 0.25) is 0 Å². The standard InChI is InChI=1S/C11H19N3/c1-11(2,8-12)9-14(3)10-5-4-6-13-7-10/h4-7H,8-9,12H2,1-3H3. The largest absolute Gasteiger partial charge is 0.373 e. The minimum atomic E-state index is 0.143. The number of anilines is 1. The second-order valence-electron chi connectivity index (χ2n) is 4.44. The van der Waals surface area contributed by atoms with Crippen LogP contribution in [0.3, 0.4) is 0 Å². The first-order valence-electron chi connectivity index (χ1n) is 4.86. The molecule has 0 fully saturated rings. The first-order chi connectivity index (χ1) is 6.55. The van der Waals surface area contributed by atoms with E-state index in [-0.39, 0.29) is 5.41 Å². The van der Waals surface area contributed by atoms with Gasteiger partial charge in [0.1, 0.15) is 0 Å². The van der Waals surface area contributed by atoms with Gasteiger partial charge >= 0.3 is 0 Å². The molecule has 78 valence electrons. The molecule has 0 bridgehead atoms. The van der Waals surface area contributed by atoms with Gasteiger partial charge in [-0.1, -0.05) is 13.8 Å². The molecule has 0 saturated heterocycles. The second kappa shape index (κ2) is 4.42.